The molecule has 2 rings (SSSR count). The van der Waals surface area contributed by atoms with Gasteiger partial charge in [0.25, 0.3) is 5.91 Å². The van der Waals surface area contributed by atoms with Crippen LogP contribution in [0, 0.1) is 12.8 Å². The van der Waals surface area contributed by atoms with Crippen molar-refractivity contribution in [3.8, 4) is 0 Å². The lowest BCUT2D eigenvalue weighted by Gasteiger charge is -2.36. The van der Waals surface area contributed by atoms with Crippen molar-refractivity contribution in [1.82, 2.24) is 15.5 Å². The molecule has 6 nitrogen and oxygen atoms in total. The second-order valence-electron chi connectivity index (χ2n) is 7.71. The van der Waals surface area contributed by atoms with Crippen LogP contribution < -0.4 is 10.6 Å². The van der Waals surface area contributed by atoms with Gasteiger partial charge in [-0.1, -0.05) is 31.5 Å². The average Bonchev–Trinajstić information content (AvgIpc) is 2.71. The van der Waals surface area contributed by atoms with Crippen LogP contribution in [-0.2, 0) is 9.59 Å². The van der Waals surface area contributed by atoms with Crippen LogP contribution in [0.5, 0.6) is 0 Å². The summed E-state index contributed by atoms with van der Waals surface area (Å²) in [6.07, 6.45) is 2.73. The zero-order valence-electron chi connectivity index (χ0n) is 17.5. The Kier molecular flexibility index (Phi) is 8.03. The molecule has 1 heterocycles. The van der Waals surface area contributed by atoms with Gasteiger partial charge in [-0.05, 0) is 51.2 Å². The van der Waals surface area contributed by atoms with E-state index in [1.54, 1.807) is 6.07 Å². The third-order valence-electron chi connectivity index (χ3n) is 5.52. The van der Waals surface area contributed by atoms with Gasteiger partial charge in [0.15, 0.2) is 0 Å². The van der Waals surface area contributed by atoms with E-state index >= 15 is 0 Å². The van der Waals surface area contributed by atoms with Crippen LogP contribution in [0.4, 0.5) is 0 Å². The molecule has 1 saturated heterocycles. The molecule has 2 atom stereocenters. The summed E-state index contributed by atoms with van der Waals surface area (Å²) in [6.45, 7) is 9.03. The molecule has 0 unspecified atom stereocenters. The van der Waals surface area contributed by atoms with Crippen LogP contribution in [0.2, 0.25) is 0 Å². The topological polar surface area (TPSA) is 78.5 Å². The lowest BCUT2D eigenvalue weighted by molar-refractivity contribution is -0.132. The first-order chi connectivity index (χ1) is 13.3. The Morgan fingerprint density at radius 3 is 2.39 bits per heavy atom. The van der Waals surface area contributed by atoms with Gasteiger partial charge >= 0.3 is 0 Å². The molecule has 0 saturated carbocycles. The van der Waals surface area contributed by atoms with E-state index < -0.39 is 6.04 Å². The van der Waals surface area contributed by atoms with E-state index in [1.807, 2.05) is 50.8 Å². The summed E-state index contributed by atoms with van der Waals surface area (Å²) >= 11 is 0. The van der Waals surface area contributed by atoms with Crippen LogP contribution in [0.3, 0.4) is 0 Å². The number of piperidine rings is 1. The predicted molar refractivity (Wildman–Crippen MR) is 110 cm³/mol. The second kappa shape index (κ2) is 10.2. The molecule has 0 bridgehead atoms. The monoisotopic (exact) mass is 387 g/mol. The van der Waals surface area contributed by atoms with Crippen molar-refractivity contribution in [2.45, 2.75) is 65.5 Å². The van der Waals surface area contributed by atoms with E-state index in [-0.39, 0.29) is 29.7 Å². The maximum Gasteiger partial charge on any atom is 0.251 e. The van der Waals surface area contributed by atoms with Crippen molar-refractivity contribution in [1.29, 1.82) is 0 Å². The molecule has 3 amide bonds. The molecule has 1 aliphatic heterocycles. The van der Waals surface area contributed by atoms with E-state index in [0.29, 0.717) is 37.9 Å². The van der Waals surface area contributed by atoms with Crippen LogP contribution in [0.15, 0.2) is 24.3 Å². The number of hydrogen-bond donors (Lipinski definition) is 2. The predicted octanol–water partition coefficient (Wildman–Crippen LogP) is 2.66. The van der Waals surface area contributed by atoms with Crippen LogP contribution in [0.1, 0.15) is 62.4 Å². The first-order valence-corrected chi connectivity index (χ1v) is 10.3. The summed E-state index contributed by atoms with van der Waals surface area (Å²) in [5, 5.41) is 5.97. The van der Waals surface area contributed by atoms with Crippen molar-refractivity contribution in [3.05, 3.63) is 35.4 Å². The summed E-state index contributed by atoms with van der Waals surface area (Å²) in [6, 6.07) is 6.81. The SMILES string of the molecule is CCC(=O)N1CCC([C@H](NC(=O)c2cccc(C)c2)C(=O)N[C@@H](C)CC)CC1. The second-order valence-corrected chi connectivity index (χ2v) is 7.71. The average molecular weight is 388 g/mol. The number of hydrogen-bond acceptors (Lipinski definition) is 3. The number of benzene rings is 1. The highest BCUT2D eigenvalue weighted by atomic mass is 16.2. The fourth-order valence-corrected chi connectivity index (χ4v) is 3.55. The number of rotatable bonds is 7. The molecule has 0 aromatic heterocycles. The summed E-state index contributed by atoms with van der Waals surface area (Å²) in [5.74, 6) is -0.225. The minimum atomic E-state index is -0.596. The molecule has 1 aromatic rings. The van der Waals surface area contributed by atoms with Gasteiger partial charge in [0.2, 0.25) is 11.8 Å². The fourth-order valence-electron chi connectivity index (χ4n) is 3.55. The van der Waals surface area contributed by atoms with Crippen LogP contribution in [0.25, 0.3) is 0 Å². The van der Waals surface area contributed by atoms with E-state index in [4.69, 9.17) is 0 Å². The van der Waals surface area contributed by atoms with E-state index in [9.17, 15) is 14.4 Å². The highest BCUT2D eigenvalue weighted by molar-refractivity contribution is 5.97. The largest absolute Gasteiger partial charge is 0.352 e. The fraction of sp³-hybridized carbons (Fsp3) is 0.591. The molecular weight excluding hydrogens is 354 g/mol. The maximum absolute atomic E-state index is 12.9. The highest BCUT2D eigenvalue weighted by Gasteiger charge is 2.34. The Morgan fingerprint density at radius 1 is 1.14 bits per heavy atom. The molecule has 1 fully saturated rings. The summed E-state index contributed by atoms with van der Waals surface area (Å²) in [7, 11) is 0. The molecule has 0 radical (unpaired) electrons. The smallest absolute Gasteiger partial charge is 0.251 e. The Morgan fingerprint density at radius 2 is 1.82 bits per heavy atom. The lowest BCUT2D eigenvalue weighted by atomic mass is 9.88. The molecule has 28 heavy (non-hydrogen) atoms. The highest BCUT2D eigenvalue weighted by Crippen LogP contribution is 2.22. The quantitative estimate of drug-likeness (QED) is 0.755. The van der Waals surface area contributed by atoms with Crippen LogP contribution >= 0.6 is 0 Å². The number of carbonyl (C=O) groups is 3. The Hall–Kier alpha value is -2.37. The lowest BCUT2D eigenvalue weighted by Crippen LogP contribution is -2.55. The molecule has 2 N–H and O–H groups in total. The van der Waals surface area contributed by atoms with E-state index in [0.717, 1.165) is 12.0 Å². The summed E-state index contributed by atoms with van der Waals surface area (Å²) < 4.78 is 0. The van der Waals surface area contributed by atoms with Gasteiger partial charge in [-0.25, -0.2) is 0 Å². The zero-order valence-corrected chi connectivity index (χ0v) is 17.5. The van der Waals surface area contributed by atoms with Gasteiger partial charge in [-0.3, -0.25) is 14.4 Å². The molecule has 0 spiro atoms. The van der Waals surface area contributed by atoms with Crippen molar-refractivity contribution in [2.75, 3.05) is 13.1 Å². The van der Waals surface area contributed by atoms with Gasteiger partial charge in [0, 0.05) is 31.1 Å². The van der Waals surface area contributed by atoms with Gasteiger partial charge in [-0.15, -0.1) is 0 Å². The molecule has 6 heteroatoms. The summed E-state index contributed by atoms with van der Waals surface area (Å²) in [5.41, 5.74) is 1.56. The first-order valence-electron chi connectivity index (χ1n) is 10.3. The van der Waals surface area contributed by atoms with E-state index in [1.165, 1.54) is 0 Å². The number of likely N-dealkylation sites (tertiary alicyclic amines) is 1. The molecule has 1 aliphatic rings. The number of aryl methyl sites for hydroxylation is 1. The van der Waals surface area contributed by atoms with Gasteiger partial charge < -0.3 is 15.5 Å². The number of nitrogens with one attached hydrogen (secondary N) is 2. The maximum atomic E-state index is 12.9. The Bertz CT molecular complexity index is 696. The van der Waals surface area contributed by atoms with Crippen LogP contribution in [-0.4, -0.2) is 47.8 Å². The molecule has 0 aliphatic carbocycles. The summed E-state index contributed by atoms with van der Waals surface area (Å²) in [4.78, 5) is 39.5. The number of carbonyl (C=O) groups excluding carboxylic acids is 3. The van der Waals surface area contributed by atoms with Gasteiger partial charge in [0.1, 0.15) is 6.04 Å². The van der Waals surface area contributed by atoms with E-state index in [2.05, 4.69) is 10.6 Å². The van der Waals surface area contributed by atoms with Crippen molar-refractivity contribution < 1.29 is 14.4 Å². The third-order valence-corrected chi connectivity index (χ3v) is 5.52. The van der Waals surface area contributed by atoms with Crippen molar-refractivity contribution in [2.24, 2.45) is 5.92 Å². The molecule has 154 valence electrons. The molecular formula is C22H33N3O3. The minimum Gasteiger partial charge on any atom is -0.352 e. The Balaban J connectivity index is 2.12. The van der Waals surface area contributed by atoms with Crippen molar-refractivity contribution >= 4 is 17.7 Å². The standard InChI is InChI=1S/C22H33N3O3/c1-5-16(4)23-22(28)20(17-10-12-25(13-11-17)19(26)6-2)24-21(27)18-9-7-8-15(3)14-18/h7-9,14,16-17,20H,5-6,10-13H2,1-4H3,(H,23,28)(H,24,27)/t16-,20-/m0/s1. The van der Waals surface area contributed by atoms with Crippen molar-refractivity contribution in [3.63, 3.8) is 0 Å². The Labute approximate surface area is 168 Å². The molecule has 1 aromatic carbocycles. The van der Waals surface area contributed by atoms with Gasteiger partial charge in [-0.2, -0.15) is 0 Å². The normalized spacial score (nSPS) is 16.9. The minimum absolute atomic E-state index is 0.0127. The zero-order chi connectivity index (χ0) is 20.7. The third kappa shape index (κ3) is 5.81. The number of nitrogens with zero attached hydrogens (tertiary/aromatic N) is 1. The first kappa shape index (κ1) is 21.9. The van der Waals surface area contributed by atoms with Gasteiger partial charge in [0.05, 0.1) is 0 Å². The number of amides is 3.